The molecule has 1 amide bonds. The molecule has 0 saturated carbocycles. The molecule has 2 aromatic carbocycles. The van der Waals surface area contributed by atoms with E-state index in [4.69, 9.17) is 5.73 Å². The van der Waals surface area contributed by atoms with E-state index in [1.54, 1.807) is 12.1 Å². The van der Waals surface area contributed by atoms with Crippen molar-refractivity contribution in [1.82, 2.24) is 4.90 Å². The quantitative estimate of drug-likeness (QED) is 0.856. The summed E-state index contributed by atoms with van der Waals surface area (Å²) in [5, 5.41) is 2.94. The van der Waals surface area contributed by atoms with Gasteiger partial charge in [-0.05, 0) is 42.7 Å². The molecular formula is C18H21N3O. The van der Waals surface area contributed by atoms with Crippen LogP contribution in [0.15, 0.2) is 48.5 Å². The molecule has 1 aliphatic heterocycles. The number of carbonyl (C=O) groups excluding carboxylic acids is 1. The van der Waals surface area contributed by atoms with Gasteiger partial charge < -0.3 is 11.1 Å². The maximum Gasteiger partial charge on any atom is 0.241 e. The fourth-order valence-electron chi connectivity index (χ4n) is 2.88. The fourth-order valence-corrected chi connectivity index (χ4v) is 2.88. The first-order valence-electron chi connectivity index (χ1n) is 7.61. The zero-order valence-electron chi connectivity index (χ0n) is 12.8. The molecule has 0 saturated heterocycles. The van der Waals surface area contributed by atoms with Gasteiger partial charge in [-0.15, -0.1) is 0 Å². The Balaban J connectivity index is 1.67. The molecule has 3 N–H and O–H groups in total. The van der Waals surface area contributed by atoms with Crippen molar-refractivity contribution in [3.63, 3.8) is 0 Å². The molecule has 1 heterocycles. The van der Waals surface area contributed by atoms with Gasteiger partial charge in [0.2, 0.25) is 5.91 Å². The first-order valence-corrected chi connectivity index (χ1v) is 7.61. The van der Waals surface area contributed by atoms with Crippen LogP contribution in [-0.4, -0.2) is 23.4 Å². The standard InChI is InChI=1S/C18H21N3O/c1-13(18(22)20-17-8-4-7-16(19)11-17)21-10-9-14-5-2-3-6-15(14)12-21/h2-8,11,13H,9-10,12,19H2,1H3,(H,20,22). The number of benzene rings is 2. The Morgan fingerprint density at radius 3 is 2.73 bits per heavy atom. The number of nitrogens with two attached hydrogens (primary N) is 1. The van der Waals surface area contributed by atoms with Crippen molar-refractivity contribution in [3.8, 4) is 0 Å². The molecule has 4 nitrogen and oxygen atoms in total. The largest absolute Gasteiger partial charge is 0.399 e. The van der Waals surface area contributed by atoms with E-state index in [0.29, 0.717) is 5.69 Å². The first-order chi connectivity index (χ1) is 10.6. The van der Waals surface area contributed by atoms with Crippen LogP contribution in [0.5, 0.6) is 0 Å². The van der Waals surface area contributed by atoms with Gasteiger partial charge in [-0.2, -0.15) is 0 Å². The van der Waals surface area contributed by atoms with Gasteiger partial charge in [0.15, 0.2) is 0 Å². The topological polar surface area (TPSA) is 58.4 Å². The van der Waals surface area contributed by atoms with Crippen LogP contribution in [-0.2, 0) is 17.8 Å². The third kappa shape index (κ3) is 3.12. The summed E-state index contributed by atoms with van der Waals surface area (Å²) < 4.78 is 0. The minimum atomic E-state index is -0.171. The second-order valence-corrected chi connectivity index (χ2v) is 5.78. The van der Waals surface area contributed by atoms with E-state index in [0.717, 1.165) is 25.2 Å². The monoisotopic (exact) mass is 295 g/mol. The third-order valence-corrected chi connectivity index (χ3v) is 4.24. The summed E-state index contributed by atoms with van der Waals surface area (Å²) in [6.45, 7) is 3.68. The number of nitrogens with one attached hydrogen (secondary N) is 1. The van der Waals surface area contributed by atoms with Crippen LogP contribution in [0.3, 0.4) is 0 Å². The van der Waals surface area contributed by atoms with Crippen LogP contribution in [0.25, 0.3) is 0 Å². The summed E-state index contributed by atoms with van der Waals surface area (Å²) in [6.07, 6.45) is 0.992. The van der Waals surface area contributed by atoms with Gasteiger partial charge in [-0.25, -0.2) is 0 Å². The number of carbonyl (C=O) groups is 1. The van der Waals surface area contributed by atoms with E-state index in [1.807, 2.05) is 19.1 Å². The average molecular weight is 295 g/mol. The lowest BCUT2D eigenvalue weighted by Gasteiger charge is -2.32. The van der Waals surface area contributed by atoms with Gasteiger partial charge in [0, 0.05) is 24.5 Å². The van der Waals surface area contributed by atoms with Crippen molar-refractivity contribution < 1.29 is 4.79 Å². The Hall–Kier alpha value is -2.33. The van der Waals surface area contributed by atoms with Crippen molar-refractivity contribution >= 4 is 17.3 Å². The molecule has 2 aromatic rings. The Morgan fingerprint density at radius 1 is 1.18 bits per heavy atom. The summed E-state index contributed by atoms with van der Waals surface area (Å²) in [5.74, 6) is 0.00461. The van der Waals surface area contributed by atoms with Crippen LogP contribution in [0, 0.1) is 0 Å². The number of fused-ring (bicyclic) bond motifs is 1. The van der Waals surface area contributed by atoms with Crippen molar-refractivity contribution in [2.24, 2.45) is 0 Å². The zero-order chi connectivity index (χ0) is 15.5. The Labute approximate surface area is 130 Å². The average Bonchev–Trinajstić information content (AvgIpc) is 2.53. The highest BCUT2D eigenvalue weighted by Gasteiger charge is 2.25. The molecule has 3 rings (SSSR count). The highest BCUT2D eigenvalue weighted by Crippen LogP contribution is 2.21. The lowest BCUT2D eigenvalue weighted by molar-refractivity contribution is -0.121. The fraction of sp³-hybridized carbons (Fsp3) is 0.278. The molecule has 22 heavy (non-hydrogen) atoms. The van der Waals surface area contributed by atoms with E-state index >= 15 is 0 Å². The third-order valence-electron chi connectivity index (χ3n) is 4.24. The predicted octanol–water partition coefficient (Wildman–Crippen LogP) is 2.65. The number of nitrogens with zero attached hydrogens (tertiary/aromatic N) is 1. The maximum atomic E-state index is 12.4. The van der Waals surface area contributed by atoms with E-state index in [-0.39, 0.29) is 11.9 Å². The van der Waals surface area contributed by atoms with Crippen molar-refractivity contribution in [1.29, 1.82) is 0 Å². The van der Waals surface area contributed by atoms with Gasteiger partial charge >= 0.3 is 0 Å². The van der Waals surface area contributed by atoms with Crippen molar-refractivity contribution in [3.05, 3.63) is 59.7 Å². The number of amides is 1. The SMILES string of the molecule is CC(C(=O)Nc1cccc(N)c1)N1CCc2ccccc2C1. The molecule has 1 atom stereocenters. The van der Waals surface area contributed by atoms with Gasteiger partial charge in [0.25, 0.3) is 0 Å². The van der Waals surface area contributed by atoms with E-state index in [1.165, 1.54) is 11.1 Å². The van der Waals surface area contributed by atoms with E-state index in [9.17, 15) is 4.79 Å². The highest BCUT2D eigenvalue weighted by molar-refractivity contribution is 5.94. The Bertz CT molecular complexity index is 684. The van der Waals surface area contributed by atoms with Crippen LogP contribution in [0.1, 0.15) is 18.1 Å². The first kappa shape index (κ1) is 14.6. The summed E-state index contributed by atoms with van der Waals surface area (Å²) in [4.78, 5) is 14.7. The van der Waals surface area contributed by atoms with Crippen molar-refractivity contribution in [2.75, 3.05) is 17.6 Å². The van der Waals surface area contributed by atoms with Crippen molar-refractivity contribution in [2.45, 2.75) is 25.9 Å². The molecule has 0 bridgehead atoms. The molecule has 0 aromatic heterocycles. The molecule has 0 radical (unpaired) electrons. The Kier molecular flexibility index (Phi) is 4.11. The Morgan fingerprint density at radius 2 is 1.95 bits per heavy atom. The number of anilines is 2. The van der Waals surface area contributed by atoms with Crippen LogP contribution in [0.4, 0.5) is 11.4 Å². The van der Waals surface area contributed by atoms with Gasteiger partial charge in [-0.1, -0.05) is 30.3 Å². The second kappa shape index (κ2) is 6.20. The maximum absolute atomic E-state index is 12.4. The van der Waals surface area contributed by atoms with Crippen LogP contribution >= 0.6 is 0 Å². The number of rotatable bonds is 3. The van der Waals surface area contributed by atoms with Crippen LogP contribution < -0.4 is 11.1 Å². The smallest absolute Gasteiger partial charge is 0.241 e. The summed E-state index contributed by atoms with van der Waals surface area (Å²) in [5.41, 5.74) is 9.85. The normalized spacial score (nSPS) is 15.9. The molecule has 1 unspecified atom stereocenters. The van der Waals surface area contributed by atoms with Gasteiger partial charge in [0.05, 0.1) is 6.04 Å². The number of nitrogen functional groups attached to an aromatic ring is 1. The highest BCUT2D eigenvalue weighted by atomic mass is 16.2. The lowest BCUT2D eigenvalue weighted by atomic mass is 9.99. The predicted molar refractivity (Wildman–Crippen MR) is 89.5 cm³/mol. The molecule has 1 aliphatic rings. The minimum Gasteiger partial charge on any atom is -0.399 e. The van der Waals surface area contributed by atoms with Crippen LogP contribution in [0.2, 0.25) is 0 Å². The zero-order valence-corrected chi connectivity index (χ0v) is 12.8. The molecule has 0 spiro atoms. The number of hydrogen-bond acceptors (Lipinski definition) is 3. The molecular weight excluding hydrogens is 274 g/mol. The number of hydrogen-bond donors (Lipinski definition) is 2. The second-order valence-electron chi connectivity index (χ2n) is 5.78. The molecule has 0 aliphatic carbocycles. The van der Waals surface area contributed by atoms with E-state index in [2.05, 4.69) is 34.5 Å². The summed E-state index contributed by atoms with van der Waals surface area (Å²) in [6, 6.07) is 15.5. The van der Waals surface area contributed by atoms with Gasteiger partial charge in [0.1, 0.15) is 0 Å². The molecule has 114 valence electrons. The minimum absolute atomic E-state index is 0.00461. The molecule has 0 fully saturated rings. The lowest BCUT2D eigenvalue weighted by Crippen LogP contribution is -2.44. The van der Waals surface area contributed by atoms with Gasteiger partial charge in [-0.3, -0.25) is 9.69 Å². The summed E-state index contributed by atoms with van der Waals surface area (Å²) in [7, 11) is 0. The molecule has 4 heteroatoms. The van der Waals surface area contributed by atoms with E-state index < -0.39 is 0 Å². The summed E-state index contributed by atoms with van der Waals surface area (Å²) >= 11 is 0.